The summed E-state index contributed by atoms with van der Waals surface area (Å²) in [5, 5.41) is 48.6. The first-order chi connectivity index (χ1) is 15.7. The molecule has 20 heteroatoms. The van der Waals surface area contributed by atoms with E-state index in [1.165, 1.54) is 0 Å². The van der Waals surface area contributed by atoms with Crippen molar-refractivity contribution < 1.29 is 67.3 Å². The number of hydrogen-bond donors (Lipinski definition) is 6. The van der Waals surface area contributed by atoms with E-state index >= 15 is 0 Å². The Labute approximate surface area is 188 Å². The van der Waals surface area contributed by atoms with Crippen molar-refractivity contribution in [3.05, 3.63) is 33.1 Å². The number of hydrogen-bond acceptors (Lipinski definition) is 16. The predicted molar refractivity (Wildman–Crippen MR) is 98.3 cm³/mol. The summed E-state index contributed by atoms with van der Waals surface area (Å²) in [6.45, 7) is -1.73. The minimum absolute atomic E-state index is 0.646. The quantitative estimate of drug-likeness (QED) is 0.170. The maximum atomic E-state index is 11.9. The van der Waals surface area contributed by atoms with Crippen molar-refractivity contribution >= 4 is 15.6 Å². The normalized spacial score (nSPS) is 37.7. The van der Waals surface area contributed by atoms with Crippen LogP contribution in [0.2, 0.25) is 0 Å². The lowest BCUT2D eigenvalue weighted by atomic mass is 10.1. The summed E-state index contributed by atoms with van der Waals surface area (Å²) in [5.41, 5.74) is -1.75. The van der Waals surface area contributed by atoms with Crippen molar-refractivity contribution in [3.63, 3.8) is 0 Å². The number of H-pyrrole nitrogens is 1. The number of nitrogens with zero attached hydrogens (tertiary/aromatic N) is 1. The summed E-state index contributed by atoms with van der Waals surface area (Å²) < 4.78 is 46.8. The van der Waals surface area contributed by atoms with Gasteiger partial charge in [0.05, 0.1) is 13.2 Å². The Morgan fingerprint density at radius 3 is 2.38 bits per heavy atom. The topological polar surface area (TPSA) is 282 Å². The van der Waals surface area contributed by atoms with E-state index in [-0.39, 0.29) is 0 Å². The number of aliphatic hydroxyl groups is 5. The molecule has 0 saturated carbocycles. The third-order valence-electron chi connectivity index (χ3n) is 4.75. The first kappa shape index (κ1) is 27.3. The van der Waals surface area contributed by atoms with E-state index in [0.717, 1.165) is 12.3 Å². The number of ether oxygens (including phenoxy) is 2. The molecule has 0 amide bonds. The zero-order chi connectivity index (χ0) is 25.4. The standard InChI is InChI=1S/C14H22N2O16P2/c17-5-3-28-13(11(22)8(5)19)31-34(26,27)32-33(24,25)29-4-6-9(20)10(21)12(30-6)16-2-1-7(18)15-14(16)23/h1-2,5-6,8-13,17,19-22H,3-4H2,(H,24,25)(H,26,27)(H,15,18,23)/p-2/t5-,6-,8+,9-,10-,11-,12-,13-/m1/s1. The van der Waals surface area contributed by atoms with Gasteiger partial charge in [-0.2, -0.15) is 0 Å². The van der Waals surface area contributed by atoms with Gasteiger partial charge < -0.3 is 49.3 Å². The fourth-order valence-electron chi connectivity index (χ4n) is 3.05. The SMILES string of the molecule is O=c1ccn([C@@H]2O[C@H](COP(=O)([O-])OP(=O)([O-])O[C@H]3OC[C@@H](O)[C@H](O)[C@H]3O)[C@@H](O)[C@H]2O)c(=O)[nH]1. The molecule has 2 fully saturated rings. The molecule has 0 radical (unpaired) electrons. The molecular weight excluding hydrogens is 514 g/mol. The van der Waals surface area contributed by atoms with Gasteiger partial charge in [0.2, 0.25) is 0 Å². The molecule has 0 aliphatic carbocycles. The molecule has 2 saturated heterocycles. The van der Waals surface area contributed by atoms with Crippen LogP contribution in [0.1, 0.15) is 6.23 Å². The van der Waals surface area contributed by atoms with Gasteiger partial charge in [0.25, 0.3) is 21.2 Å². The van der Waals surface area contributed by atoms with Crippen LogP contribution in [-0.4, -0.2) is 91.2 Å². The highest BCUT2D eigenvalue weighted by Gasteiger charge is 2.45. The van der Waals surface area contributed by atoms with Crippen LogP contribution in [0.3, 0.4) is 0 Å². The van der Waals surface area contributed by atoms with Crippen LogP contribution in [0.4, 0.5) is 0 Å². The lowest BCUT2D eigenvalue weighted by molar-refractivity contribution is -0.285. The Hall–Kier alpha value is -1.34. The summed E-state index contributed by atoms with van der Waals surface area (Å²) in [4.78, 5) is 48.7. The van der Waals surface area contributed by atoms with Crippen molar-refractivity contribution in [2.24, 2.45) is 0 Å². The van der Waals surface area contributed by atoms with Crippen LogP contribution in [0.15, 0.2) is 21.9 Å². The number of rotatable bonds is 8. The van der Waals surface area contributed by atoms with Gasteiger partial charge in [-0.05, 0) is 0 Å². The van der Waals surface area contributed by atoms with Gasteiger partial charge >= 0.3 is 5.69 Å². The number of aromatic nitrogens is 2. The highest BCUT2D eigenvalue weighted by atomic mass is 31.3. The van der Waals surface area contributed by atoms with Crippen molar-refractivity contribution in [2.75, 3.05) is 13.2 Å². The Bertz CT molecular complexity index is 1080. The van der Waals surface area contributed by atoms with Crippen LogP contribution in [0.25, 0.3) is 0 Å². The van der Waals surface area contributed by atoms with Gasteiger partial charge in [-0.3, -0.25) is 28.0 Å². The number of aliphatic hydroxyl groups excluding tert-OH is 5. The minimum Gasteiger partial charge on any atom is -0.756 e. The molecular formula is C14H20N2O16P2-2. The second-order valence-corrected chi connectivity index (χ2v) is 10.1. The molecule has 10 atom stereocenters. The summed E-state index contributed by atoms with van der Waals surface area (Å²) in [6, 6.07) is 0.922. The van der Waals surface area contributed by atoms with Gasteiger partial charge in [0.1, 0.15) is 36.6 Å². The zero-order valence-corrected chi connectivity index (χ0v) is 18.5. The van der Waals surface area contributed by atoms with Crippen LogP contribution in [0.5, 0.6) is 0 Å². The second kappa shape index (κ2) is 10.3. The lowest BCUT2D eigenvalue weighted by Gasteiger charge is -2.38. The summed E-state index contributed by atoms with van der Waals surface area (Å²) in [5.74, 6) is 0. The van der Waals surface area contributed by atoms with Crippen molar-refractivity contribution in [2.45, 2.75) is 49.1 Å². The molecule has 3 rings (SSSR count). The van der Waals surface area contributed by atoms with E-state index in [0.29, 0.717) is 4.57 Å². The van der Waals surface area contributed by atoms with E-state index in [2.05, 4.69) is 18.1 Å². The first-order valence-corrected chi connectivity index (χ1v) is 12.3. The molecule has 0 bridgehead atoms. The predicted octanol–water partition coefficient (Wildman–Crippen LogP) is -5.42. The largest absolute Gasteiger partial charge is 0.756 e. The molecule has 3 heterocycles. The van der Waals surface area contributed by atoms with Crippen molar-refractivity contribution in [1.82, 2.24) is 9.55 Å². The molecule has 6 N–H and O–H groups in total. The Morgan fingerprint density at radius 2 is 1.74 bits per heavy atom. The third kappa shape index (κ3) is 6.26. The summed E-state index contributed by atoms with van der Waals surface area (Å²) in [6.07, 6.45) is -13.4. The first-order valence-electron chi connectivity index (χ1n) is 9.36. The second-order valence-electron chi connectivity index (χ2n) is 7.19. The summed E-state index contributed by atoms with van der Waals surface area (Å²) in [7, 11) is -11.5. The maximum absolute atomic E-state index is 11.9. The van der Waals surface area contributed by atoms with Crippen LogP contribution < -0.4 is 21.0 Å². The Morgan fingerprint density at radius 1 is 1.06 bits per heavy atom. The van der Waals surface area contributed by atoms with Gasteiger partial charge in [-0.15, -0.1) is 0 Å². The van der Waals surface area contributed by atoms with Gasteiger partial charge in [-0.1, -0.05) is 0 Å². The molecule has 2 unspecified atom stereocenters. The number of aromatic amines is 1. The molecule has 2 aliphatic heterocycles. The fraction of sp³-hybridized carbons (Fsp3) is 0.714. The fourth-order valence-corrected chi connectivity index (χ4v) is 5.15. The van der Waals surface area contributed by atoms with E-state index in [4.69, 9.17) is 4.74 Å². The molecule has 1 aromatic rings. The van der Waals surface area contributed by atoms with E-state index in [1.54, 1.807) is 0 Å². The molecule has 0 spiro atoms. The van der Waals surface area contributed by atoms with Crippen LogP contribution in [-0.2, 0) is 32.0 Å². The zero-order valence-electron chi connectivity index (χ0n) is 16.8. The molecule has 34 heavy (non-hydrogen) atoms. The third-order valence-corrected chi connectivity index (χ3v) is 7.28. The number of nitrogens with one attached hydrogen (secondary N) is 1. The smallest absolute Gasteiger partial charge is 0.330 e. The number of phosphoric acid groups is 2. The average Bonchev–Trinajstić information content (AvgIpc) is 3.00. The number of phosphoric ester groups is 2. The van der Waals surface area contributed by atoms with Crippen molar-refractivity contribution in [1.29, 1.82) is 0 Å². The summed E-state index contributed by atoms with van der Waals surface area (Å²) >= 11 is 0. The highest BCUT2D eigenvalue weighted by molar-refractivity contribution is 7.59. The van der Waals surface area contributed by atoms with Crippen LogP contribution >= 0.6 is 15.6 Å². The molecule has 18 nitrogen and oxygen atoms in total. The monoisotopic (exact) mass is 534 g/mol. The van der Waals surface area contributed by atoms with Gasteiger partial charge in [0.15, 0.2) is 12.5 Å². The van der Waals surface area contributed by atoms with Gasteiger partial charge in [0, 0.05) is 12.3 Å². The maximum Gasteiger partial charge on any atom is 0.330 e. The minimum atomic E-state index is -5.79. The average molecular weight is 534 g/mol. The molecule has 1 aromatic heterocycles. The highest BCUT2D eigenvalue weighted by Crippen LogP contribution is 2.56. The van der Waals surface area contributed by atoms with Crippen molar-refractivity contribution in [3.8, 4) is 0 Å². The molecule has 0 aromatic carbocycles. The molecule has 2 aliphatic rings. The van der Waals surface area contributed by atoms with E-state index in [1.807, 2.05) is 4.98 Å². The lowest BCUT2D eigenvalue weighted by Crippen LogP contribution is -2.53. The van der Waals surface area contributed by atoms with Gasteiger partial charge in [-0.25, -0.2) is 9.11 Å². The Kier molecular flexibility index (Phi) is 8.28. The van der Waals surface area contributed by atoms with Crippen LogP contribution in [0, 0.1) is 0 Å². The Balaban J connectivity index is 1.59. The van der Waals surface area contributed by atoms with E-state index in [9.17, 15) is 54.0 Å². The molecule has 194 valence electrons. The van der Waals surface area contributed by atoms with E-state index < -0.39 is 89.2 Å².